The van der Waals surface area contributed by atoms with Gasteiger partial charge in [0.25, 0.3) is 0 Å². The number of alkyl carbamates (subject to hydrolysis) is 1. The molecule has 0 atom stereocenters. The SMILES string of the molecule is O=C(CCCNC(=O)OCc1ccccc1)NCCc1nc2ccccc2[nH]1. The van der Waals surface area contributed by atoms with Crippen LogP contribution in [0.15, 0.2) is 54.6 Å². The van der Waals surface area contributed by atoms with Gasteiger partial charge in [0.05, 0.1) is 11.0 Å². The highest BCUT2D eigenvalue weighted by atomic mass is 16.5. The highest BCUT2D eigenvalue weighted by molar-refractivity contribution is 5.76. The van der Waals surface area contributed by atoms with E-state index in [-0.39, 0.29) is 12.5 Å². The molecule has 3 N–H and O–H groups in total. The Balaban J connectivity index is 1.24. The molecule has 1 heterocycles. The number of imidazole rings is 1. The molecule has 7 heteroatoms. The van der Waals surface area contributed by atoms with Gasteiger partial charge in [0.1, 0.15) is 12.4 Å². The van der Waals surface area contributed by atoms with E-state index in [0.717, 1.165) is 22.4 Å². The molecule has 0 aliphatic rings. The van der Waals surface area contributed by atoms with E-state index in [2.05, 4.69) is 20.6 Å². The maximum absolute atomic E-state index is 11.9. The lowest BCUT2D eigenvalue weighted by molar-refractivity contribution is -0.121. The van der Waals surface area contributed by atoms with E-state index in [1.165, 1.54) is 0 Å². The Kier molecular flexibility index (Phi) is 7.01. The first kappa shape index (κ1) is 19.4. The summed E-state index contributed by atoms with van der Waals surface area (Å²) in [5.41, 5.74) is 2.85. The van der Waals surface area contributed by atoms with E-state index < -0.39 is 6.09 Å². The van der Waals surface area contributed by atoms with E-state index in [1.807, 2.05) is 54.6 Å². The van der Waals surface area contributed by atoms with Crippen LogP contribution in [0.25, 0.3) is 11.0 Å². The van der Waals surface area contributed by atoms with Gasteiger partial charge in [-0.3, -0.25) is 4.79 Å². The van der Waals surface area contributed by atoms with Gasteiger partial charge >= 0.3 is 6.09 Å². The van der Waals surface area contributed by atoms with E-state index in [9.17, 15) is 9.59 Å². The third-order valence-corrected chi connectivity index (χ3v) is 4.19. The van der Waals surface area contributed by atoms with Crippen molar-refractivity contribution in [3.63, 3.8) is 0 Å². The molecule has 3 rings (SSSR count). The van der Waals surface area contributed by atoms with E-state index >= 15 is 0 Å². The highest BCUT2D eigenvalue weighted by Crippen LogP contribution is 2.10. The summed E-state index contributed by atoms with van der Waals surface area (Å²) in [5.74, 6) is 0.805. The number of hydrogen-bond donors (Lipinski definition) is 3. The lowest BCUT2D eigenvalue weighted by atomic mass is 10.2. The molecule has 28 heavy (non-hydrogen) atoms. The maximum atomic E-state index is 11.9. The van der Waals surface area contributed by atoms with Crippen molar-refractivity contribution in [2.45, 2.75) is 25.9 Å². The average Bonchev–Trinajstić information content (AvgIpc) is 3.13. The molecule has 3 aromatic rings. The third kappa shape index (κ3) is 6.12. The number of hydrogen-bond acceptors (Lipinski definition) is 4. The topological polar surface area (TPSA) is 96.1 Å². The Morgan fingerprint density at radius 3 is 2.57 bits per heavy atom. The van der Waals surface area contributed by atoms with Crippen LogP contribution in [0.4, 0.5) is 4.79 Å². The number of nitrogens with one attached hydrogen (secondary N) is 3. The van der Waals surface area contributed by atoms with Crippen molar-refractivity contribution in [2.24, 2.45) is 0 Å². The Morgan fingerprint density at radius 1 is 0.964 bits per heavy atom. The van der Waals surface area contributed by atoms with Gasteiger partial charge in [0, 0.05) is 25.9 Å². The van der Waals surface area contributed by atoms with E-state index in [1.54, 1.807) is 0 Å². The number of H-pyrrole nitrogens is 1. The quantitative estimate of drug-likeness (QED) is 0.497. The first-order valence-electron chi connectivity index (χ1n) is 9.35. The fourth-order valence-corrected chi connectivity index (χ4v) is 2.75. The van der Waals surface area contributed by atoms with Crippen LogP contribution in [0.1, 0.15) is 24.2 Å². The second-order valence-electron chi connectivity index (χ2n) is 6.39. The van der Waals surface area contributed by atoms with Crippen molar-refractivity contribution >= 4 is 23.0 Å². The minimum Gasteiger partial charge on any atom is -0.445 e. The molecule has 2 amide bonds. The molecule has 0 bridgehead atoms. The normalized spacial score (nSPS) is 10.6. The van der Waals surface area contributed by atoms with Crippen LogP contribution in [-0.2, 0) is 22.6 Å². The fraction of sp³-hybridized carbons (Fsp3) is 0.286. The maximum Gasteiger partial charge on any atom is 0.407 e. The summed E-state index contributed by atoms with van der Waals surface area (Å²) >= 11 is 0. The first-order valence-corrected chi connectivity index (χ1v) is 9.35. The monoisotopic (exact) mass is 380 g/mol. The van der Waals surface area contributed by atoms with Crippen molar-refractivity contribution < 1.29 is 14.3 Å². The van der Waals surface area contributed by atoms with Crippen LogP contribution in [0.5, 0.6) is 0 Å². The van der Waals surface area contributed by atoms with Crippen molar-refractivity contribution in [2.75, 3.05) is 13.1 Å². The zero-order valence-corrected chi connectivity index (χ0v) is 15.6. The smallest absolute Gasteiger partial charge is 0.407 e. The molecular weight excluding hydrogens is 356 g/mol. The average molecular weight is 380 g/mol. The summed E-state index contributed by atoms with van der Waals surface area (Å²) < 4.78 is 5.11. The van der Waals surface area contributed by atoms with Gasteiger partial charge < -0.3 is 20.4 Å². The second-order valence-corrected chi connectivity index (χ2v) is 6.39. The largest absolute Gasteiger partial charge is 0.445 e. The molecule has 0 radical (unpaired) electrons. The van der Waals surface area contributed by atoms with Crippen LogP contribution in [0.2, 0.25) is 0 Å². The summed E-state index contributed by atoms with van der Waals surface area (Å²) in [6.45, 7) is 1.14. The van der Waals surface area contributed by atoms with Gasteiger partial charge in [0.2, 0.25) is 5.91 Å². The predicted molar refractivity (Wildman–Crippen MR) is 107 cm³/mol. The summed E-state index contributed by atoms with van der Waals surface area (Å²) in [7, 11) is 0. The Bertz CT molecular complexity index is 875. The molecule has 0 saturated heterocycles. The van der Waals surface area contributed by atoms with Gasteiger partial charge in [0.15, 0.2) is 0 Å². The van der Waals surface area contributed by atoms with Gasteiger partial charge in [-0.15, -0.1) is 0 Å². The van der Waals surface area contributed by atoms with Crippen LogP contribution < -0.4 is 10.6 Å². The minimum absolute atomic E-state index is 0.0458. The van der Waals surface area contributed by atoms with Crippen molar-refractivity contribution in [3.8, 4) is 0 Å². The number of aromatic nitrogens is 2. The van der Waals surface area contributed by atoms with E-state index in [4.69, 9.17) is 4.74 Å². The number of carbonyl (C=O) groups excluding carboxylic acids is 2. The van der Waals surface area contributed by atoms with Crippen LogP contribution in [0.3, 0.4) is 0 Å². The van der Waals surface area contributed by atoms with E-state index in [0.29, 0.717) is 32.4 Å². The van der Waals surface area contributed by atoms with Crippen molar-refractivity contribution in [3.05, 3.63) is 66.0 Å². The zero-order valence-electron chi connectivity index (χ0n) is 15.6. The first-order chi connectivity index (χ1) is 13.7. The summed E-state index contributed by atoms with van der Waals surface area (Å²) in [4.78, 5) is 31.2. The predicted octanol–water partition coefficient (Wildman–Crippen LogP) is 2.93. The number of fused-ring (bicyclic) bond motifs is 1. The van der Waals surface area contributed by atoms with Gasteiger partial charge in [-0.2, -0.15) is 0 Å². The minimum atomic E-state index is -0.478. The van der Waals surface area contributed by atoms with Crippen LogP contribution in [-0.4, -0.2) is 35.1 Å². The van der Waals surface area contributed by atoms with Gasteiger partial charge in [-0.25, -0.2) is 9.78 Å². The molecule has 0 fully saturated rings. The second kappa shape index (κ2) is 10.1. The highest BCUT2D eigenvalue weighted by Gasteiger charge is 2.06. The zero-order chi connectivity index (χ0) is 19.6. The standard InChI is InChI=1S/C21H24N4O3/c26-20(22-14-12-19-24-17-9-4-5-10-18(17)25-19)11-6-13-23-21(27)28-15-16-7-2-1-3-8-16/h1-5,7-10H,6,11-15H2,(H,22,26)(H,23,27)(H,24,25). The molecule has 0 unspecified atom stereocenters. The number of amides is 2. The Hall–Kier alpha value is -3.35. The van der Waals surface area contributed by atoms with Crippen LogP contribution >= 0.6 is 0 Å². The van der Waals surface area contributed by atoms with Gasteiger partial charge in [-0.1, -0.05) is 42.5 Å². The molecular formula is C21H24N4O3. The van der Waals surface area contributed by atoms with Crippen LogP contribution in [0, 0.1) is 0 Å². The molecule has 2 aromatic carbocycles. The summed E-state index contributed by atoms with van der Waals surface area (Å²) in [6, 6.07) is 17.3. The number of rotatable bonds is 9. The fourth-order valence-electron chi connectivity index (χ4n) is 2.75. The summed E-state index contributed by atoms with van der Waals surface area (Å²) in [6.07, 6.45) is 1.06. The Morgan fingerprint density at radius 2 is 1.75 bits per heavy atom. The summed E-state index contributed by atoms with van der Waals surface area (Å²) in [5, 5.41) is 5.52. The molecule has 0 aliphatic carbocycles. The molecule has 0 aliphatic heterocycles. The third-order valence-electron chi connectivity index (χ3n) is 4.19. The number of para-hydroxylation sites is 2. The lowest BCUT2D eigenvalue weighted by Gasteiger charge is -2.07. The number of nitrogens with zero attached hydrogens (tertiary/aromatic N) is 1. The molecule has 0 saturated carbocycles. The molecule has 146 valence electrons. The number of carbonyl (C=O) groups is 2. The Labute approximate surface area is 163 Å². The molecule has 0 spiro atoms. The molecule has 7 nitrogen and oxygen atoms in total. The molecule has 1 aromatic heterocycles. The van der Waals surface area contributed by atoms with Gasteiger partial charge in [-0.05, 0) is 24.1 Å². The lowest BCUT2D eigenvalue weighted by Crippen LogP contribution is -2.29. The van der Waals surface area contributed by atoms with Crippen molar-refractivity contribution in [1.82, 2.24) is 20.6 Å². The number of benzene rings is 2. The van der Waals surface area contributed by atoms with Crippen molar-refractivity contribution in [1.29, 1.82) is 0 Å². The number of ether oxygens (including phenoxy) is 1. The number of aromatic amines is 1.